The molecule has 1 heterocycles. The van der Waals surface area contributed by atoms with E-state index in [1.165, 1.54) is 0 Å². The summed E-state index contributed by atoms with van der Waals surface area (Å²) in [6.07, 6.45) is 2.73. The van der Waals surface area contributed by atoms with Crippen LogP contribution in [0.25, 0.3) is 0 Å². The highest BCUT2D eigenvalue weighted by molar-refractivity contribution is 6.43. The number of carbonyl (C=O) groups is 1. The van der Waals surface area contributed by atoms with Gasteiger partial charge in [-0.3, -0.25) is 4.79 Å². The topological polar surface area (TPSA) is 66.6 Å². The molecule has 1 aromatic rings. The lowest BCUT2D eigenvalue weighted by Crippen LogP contribution is -2.40. The Kier molecular flexibility index (Phi) is 5.13. The fourth-order valence-corrected chi connectivity index (χ4v) is 2.92. The maximum atomic E-state index is 12.5. The number of aliphatic hydroxyl groups is 1. The lowest BCUT2D eigenvalue weighted by Gasteiger charge is -2.32. The van der Waals surface area contributed by atoms with Gasteiger partial charge in [-0.05, 0) is 37.3 Å². The molecule has 4 nitrogen and oxygen atoms in total. The van der Waals surface area contributed by atoms with Crippen molar-refractivity contribution >= 4 is 34.8 Å². The number of likely N-dealkylation sites (tertiary alicyclic amines) is 1. The summed E-state index contributed by atoms with van der Waals surface area (Å²) in [5.41, 5.74) is 6.51. The highest BCUT2D eigenvalue weighted by Crippen LogP contribution is 2.30. The quantitative estimate of drug-likeness (QED) is 0.843. The molecule has 0 aliphatic carbocycles. The fraction of sp³-hybridized carbons (Fsp3) is 0.500. The number of nitrogens with two attached hydrogens (primary N) is 1. The van der Waals surface area contributed by atoms with Crippen molar-refractivity contribution in [2.45, 2.75) is 19.3 Å². The molecule has 2 rings (SSSR count). The molecule has 0 spiro atoms. The van der Waals surface area contributed by atoms with Crippen LogP contribution in [0.3, 0.4) is 0 Å². The van der Waals surface area contributed by atoms with Gasteiger partial charge < -0.3 is 15.7 Å². The maximum absolute atomic E-state index is 12.5. The molecule has 0 aromatic heterocycles. The van der Waals surface area contributed by atoms with Gasteiger partial charge in [0.05, 0.1) is 15.7 Å². The van der Waals surface area contributed by atoms with Crippen molar-refractivity contribution in [3.05, 3.63) is 27.7 Å². The van der Waals surface area contributed by atoms with Crippen LogP contribution in [0.2, 0.25) is 10.0 Å². The number of amides is 1. The number of carbonyl (C=O) groups excluding carboxylic acids is 1. The SMILES string of the molecule is Nc1cc(C(=O)N2CCCC(CCO)C2)cc(Cl)c1Cl. The van der Waals surface area contributed by atoms with Gasteiger partial charge in [0.15, 0.2) is 0 Å². The van der Waals surface area contributed by atoms with E-state index in [0.29, 0.717) is 28.7 Å². The molecule has 1 aliphatic heterocycles. The van der Waals surface area contributed by atoms with E-state index in [0.717, 1.165) is 25.8 Å². The predicted octanol–water partition coefficient (Wildman–Crippen LogP) is 2.81. The van der Waals surface area contributed by atoms with Crippen molar-refractivity contribution in [1.82, 2.24) is 4.90 Å². The van der Waals surface area contributed by atoms with Crippen LogP contribution in [0.15, 0.2) is 12.1 Å². The molecule has 1 amide bonds. The minimum absolute atomic E-state index is 0.0853. The lowest BCUT2D eigenvalue weighted by molar-refractivity contribution is 0.0653. The van der Waals surface area contributed by atoms with Gasteiger partial charge in [-0.2, -0.15) is 0 Å². The monoisotopic (exact) mass is 316 g/mol. The Bertz CT molecular complexity index is 483. The van der Waals surface area contributed by atoms with Crippen LogP contribution >= 0.6 is 23.2 Å². The Morgan fingerprint density at radius 2 is 2.20 bits per heavy atom. The van der Waals surface area contributed by atoms with Crippen LogP contribution in [0.1, 0.15) is 29.6 Å². The number of piperidine rings is 1. The third kappa shape index (κ3) is 3.37. The van der Waals surface area contributed by atoms with Gasteiger partial charge >= 0.3 is 0 Å². The summed E-state index contributed by atoms with van der Waals surface area (Å²) in [6, 6.07) is 3.12. The minimum Gasteiger partial charge on any atom is -0.397 e. The van der Waals surface area contributed by atoms with E-state index in [2.05, 4.69) is 0 Å². The lowest BCUT2D eigenvalue weighted by atomic mass is 9.94. The number of hydrogen-bond acceptors (Lipinski definition) is 3. The Labute approximate surface area is 128 Å². The summed E-state index contributed by atoms with van der Waals surface area (Å²) < 4.78 is 0. The summed E-state index contributed by atoms with van der Waals surface area (Å²) in [5.74, 6) is 0.274. The Hall–Kier alpha value is -0.970. The van der Waals surface area contributed by atoms with Crippen LogP contribution in [0.4, 0.5) is 5.69 Å². The summed E-state index contributed by atoms with van der Waals surface area (Å²) in [6.45, 7) is 1.55. The molecule has 1 unspecified atom stereocenters. The van der Waals surface area contributed by atoms with Gasteiger partial charge in [0.25, 0.3) is 5.91 Å². The average molecular weight is 317 g/mol. The number of nitrogen functional groups attached to an aromatic ring is 1. The second kappa shape index (κ2) is 6.66. The van der Waals surface area contributed by atoms with Crippen molar-refractivity contribution < 1.29 is 9.90 Å². The molecule has 0 radical (unpaired) electrons. The molecule has 20 heavy (non-hydrogen) atoms. The molecule has 1 fully saturated rings. The zero-order chi connectivity index (χ0) is 14.7. The van der Waals surface area contributed by atoms with E-state index in [1.54, 1.807) is 17.0 Å². The predicted molar refractivity (Wildman–Crippen MR) is 81.2 cm³/mol. The second-order valence-electron chi connectivity index (χ2n) is 5.13. The highest BCUT2D eigenvalue weighted by Gasteiger charge is 2.24. The van der Waals surface area contributed by atoms with E-state index >= 15 is 0 Å². The third-order valence-corrected chi connectivity index (χ3v) is 4.46. The molecular weight excluding hydrogens is 299 g/mol. The van der Waals surface area contributed by atoms with Crippen molar-refractivity contribution in [3.8, 4) is 0 Å². The van der Waals surface area contributed by atoms with Gasteiger partial charge in [0, 0.05) is 25.3 Å². The van der Waals surface area contributed by atoms with Gasteiger partial charge in [0.2, 0.25) is 0 Å². The van der Waals surface area contributed by atoms with Crippen molar-refractivity contribution in [3.63, 3.8) is 0 Å². The molecule has 0 bridgehead atoms. The third-order valence-electron chi connectivity index (χ3n) is 3.65. The van der Waals surface area contributed by atoms with E-state index in [-0.39, 0.29) is 17.5 Å². The largest absolute Gasteiger partial charge is 0.397 e. The van der Waals surface area contributed by atoms with Gasteiger partial charge in [-0.25, -0.2) is 0 Å². The van der Waals surface area contributed by atoms with Crippen LogP contribution in [0.5, 0.6) is 0 Å². The maximum Gasteiger partial charge on any atom is 0.253 e. The molecule has 0 saturated carbocycles. The van der Waals surface area contributed by atoms with Crippen LogP contribution < -0.4 is 5.73 Å². The minimum atomic E-state index is -0.0853. The smallest absolute Gasteiger partial charge is 0.253 e. The van der Waals surface area contributed by atoms with Crippen molar-refractivity contribution in [2.24, 2.45) is 5.92 Å². The highest BCUT2D eigenvalue weighted by atomic mass is 35.5. The molecular formula is C14H18Cl2N2O2. The average Bonchev–Trinajstić information content (AvgIpc) is 2.44. The van der Waals surface area contributed by atoms with E-state index in [1.807, 2.05) is 0 Å². The molecule has 1 atom stereocenters. The van der Waals surface area contributed by atoms with Crippen molar-refractivity contribution in [1.29, 1.82) is 0 Å². The summed E-state index contributed by atoms with van der Waals surface area (Å²) in [7, 11) is 0. The first-order chi connectivity index (χ1) is 9.52. The number of halogens is 2. The molecule has 1 saturated heterocycles. The number of hydrogen-bond donors (Lipinski definition) is 2. The zero-order valence-corrected chi connectivity index (χ0v) is 12.6. The zero-order valence-electron chi connectivity index (χ0n) is 11.1. The Balaban J connectivity index is 2.14. The van der Waals surface area contributed by atoms with E-state index < -0.39 is 0 Å². The molecule has 3 N–H and O–H groups in total. The van der Waals surface area contributed by atoms with Crippen molar-refractivity contribution in [2.75, 3.05) is 25.4 Å². The Morgan fingerprint density at radius 1 is 1.45 bits per heavy atom. The standard InChI is InChI=1S/C14H18Cl2N2O2/c15-11-6-10(7-12(17)13(11)16)14(20)18-4-1-2-9(8-18)3-5-19/h6-7,9,19H,1-5,8,17H2. The fourth-order valence-electron chi connectivity index (χ4n) is 2.58. The van der Waals surface area contributed by atoms with Crippen LogP contribution in [-0.2, 0) is 0 Å². The molecule has 110 valence electrons. The first-order valence-electron chi connectivity index (χ1n) is 6.67. The first-order valence-corrected chi connectivity index (χ1v) is 7.43. The van der Waals surface area contributed by atoms with Gasteiger partial charge in [-0.1, -0.05) is 23.2 Å². The number of rotatable bonds is 3. The Morgan fingerprint density at radius 3 is 2.85 bits per heavy atom. The van der Waals surface area contributed by atoms with E-state index in [9.17, 15) is 4.79 Å². The molecule has 6 heteroatoms. The number of nitrogens with zero attached hydrogens (tertiary/aromatic N) is 1. The first kappa shape index (κ1) is 15.4. The summed E-state index contributed by atoms with van der Waals surface area (Å²) >= 11 is 11.9. The molecule has 1 aliphatic rings. The summed E-state index contributed by atoms with van der Waals surface area (Å²) in [4.78, 5) is 14.3. The second-order valence-corrected chi connectivity index (χ2v) is 5.92. The van der Waals surface area contributed by atoms with Gasteiger partial charge in [-0.15, -0.1) is 0 Å². The normalized spacial score (nSPS) is 19.1. The van der Waals surface area contributed by atoms with E-state index in [4.69, 9.17) is 34.0 Å². The number of aliphatic hydroxyl groups excluding tert-OH is 1. The van der Waals surface area contributed by atoms with Crippen LogP contribution in [-0.4, -0.2) is 35.6 Å². The summed E-state index contributed by atoms with van der Waals surface area (Å²) in [5, 5.41) is 9.58. The molecule has 1 aromatic carbocycles. The number of anilines is 1. The van der Waals surface area contributed by atoms with Crippen LogP contribution in [0, 0.1) is 5.92 Å². The van der Waals surface area contributed by atoms with Gasteiger partial charge in [0.1, 0.15) is 0 Å². The number of benzene rings is 1.